The molecule has 6 heteroatoms. The molecule has 0 bridgehead atoms. The summed E-state index contributed by atoms with van der Waals surface area (Å²) in [6, 6.07) is 8.14. The van der Waals surface area contributed by atoms with Crippen molar-refractivity contribution < 1.29 is 4.79 Å². The molecule has 2 aromatic heterocycles. The van der Waals surface area contributed by atoms with Gasteiger partial charge in [0.15, 0.2) is 0 Å². The molecule has 110 valence electrons. The molecule has 22 heavy (non-hydrogen) atoms. The molecule has 1 aliphatic rings. The van der Waals surface area contributed by atoms with E-state index in [1.807, 2.05) is 23.1 Å². The van der Waals surface area contributed by atoms with Gasteiger partial charge in [0.1, 0.15) is 10.7 Å². The summed E-state index contributed by atoms with van der Waals surface area (Å²) in [6.45, 7) is 0.746. The Morgan fingerprint density at radius 3 is 3.00 bits per heavy atom. The zero-order chi connectivity index (χ0) is 14.9. The SMILES string of the molecule is O=C(c1cnccn1)N1CCCC1c1nc2ccccc2s1. The van der Waals surface area contributed by atoms with E-state index in [4.69, 9.17) is 4.98 Å². The van der Waals surface area contributed by atoms with Crippen molar-refractivity contribution in [3.8, 4) is 0 Å². The molecule has 1 aromatic carbocycles. The van der Waals surface area contributed by atoms with Crippen LogP contribution in [0.3, 0.4) is 0 Å². The molecular weight excluding hydrogens is 296 g/mol. The third-order valence-electron chi connectivity index (χ3n) is 3.89. The van der Waals surface area contributed by atoms with E-state index in [2.05, 4.69) is 16.0 Å². The fourth-order valence-corrected chi connectivity index (χ4v) is 3.97. The topological polar surface area (TPSA) is 59.0 Å². The number of rotatable bonds is 2. The van der Waals surface area contributed by atoms with Crippen molar-refractivity contribution in [3.05, 3.63) is 53.6 Å². The van der Waals surface area contributed by atoms with Gasteiger partial charge in [-0.3, -0.25) is 9.78 Å². The van der Waals surface area contributed by atoms with Crippen molar-refractivity contribution in [2.24, 2.45) is 0 Å². The van der Waals surface area contributed by atoms with E-state index in [1.54, 1.807) is 23.7 Å². The maximum Gasteiger partial charge on any atom is 0.274 e. The number of para-hydroxylation sites is 1. The van der Waals surface area contributed by atoms with Crippen LogP contribution in [0, 0.1) is 0 Å². The molecule has 1 aliphatic heterocycles. The number of carbonyl (C=O) groups excluding carboxylic acids is 1. The fraction of sp³-hybridized carbons (Fsp3) is 0.250. The van der Waals surface area contributed by atoms with Crippen LogP contribution in [-0.4, -0.2) is 32.3 Å². The monoisotopic (exact) mass is 310 g/mol. The molecule has 0 spiro atoms. The average molecular weight is 310 g/mol. The maximum atomic E-state index is 12.6. The number of carbonyl (C=O) groups is 1. The lowest BCUT2D eigenvalue weighted by Crippen LogP contribution is -2.31. The molecule has 5 nitrogen and oxygen atoms in total. The molecular formula is C16H14N4OS. The molecule has 0 N–H and O–H groups in total. The van der Waals surface area contributed by atoms with E-state index in [0.717, 1.165) is 34.6 Å². The lowest BCUT2D eigenvalue weighted by atomic mass is 10.2. The minimum atomic E-state index is -0.0603. The average Bonchev–Trinajstić information content (AvgIpc) is 3.21. The van der Waals surface area contributed by atoms with E-state index >= 15 is 0 Å². The Labute approximate surface area is 131 Å². The van der Waals surface area contributed by atoms with Crippen LogP contribution in [-0.2, 0) is 0 Å². The summed E-state index contributed by atoms with van der Waals surface area (Å²) in [7, 11) is 0. The summed E-state index contributed by atoms with van der Waals surface area (Å²) in [5.74, 6) is -0.0603. The van der Waals surface area contributed by atoms with E-state index < -0.39 is 0 Å². The van der Waals surface area contributed by atoms with Crippen LogP contribution >= 0.6 is 11.3 Å². The number of hydrogen-bond acceptors (Lipinski definition) is 5. The van der Waals surface area contributed by atoms with Gasteiger partial charge in [0.2, 0.25) is 0 Å². The van der Waals surface area contributed by atoms with Crippen molar-refractivity contribution in [1.82, 2.24) is 19.9 Å². The largest absolute Gasteiger partial charge is 0.328 e. The van der Waals surface area contributed by atoms with Crippen molar-refractivity contribution in [3.63, 3.8) is 0 Å². The van der Waals surface area contributed by atoms with Crippen LogP contribution in [0.2, 0.25) is 0 Å². The van der Waals surface area contributed by atoms with Crippen molar-refractivity contribution in [1.29, 1.82) is 0 Å². The Bertz CT molecular complexity index is 784. The van der Waals surface area contributed by atoms with Gasteiger partial charge >= 0.3 is 0 Å². The molecule has 3 aromatic rings. The molecule has 1 atom stereocenters. The molecule has 4 rings (SSSR count). The predicted octanol–water partition coefficient (Wildman–Crippen LogP) is 3.06. The highest BCUT2D eigenvalue weighted by molar-refractivity contribution is 7.18. The lowest BCUT2D eigenvalue weighted by molar-refractivity contribution is 0.0729. The molecule has 0 aliphatic carbocycles. The Balaban J connectivity index is 1.67. The summed E-state index contributed by atoms with van der Waals surface area (Å²) < 4.78 is 1.16. The van der Waals surface area contributed by atoms with Crippen molar-refractivity contribution >= 4 is 27.5 Å². The second-order valence-electron chi connectivity index (χ2n) is 5.27. The van der Waals surface area contributed by atoms with Crippen molar-refractivity contribution in [2.75, 3.05) is 6.54 Å². The smallest absolute Gasteiger partial charge is 0.274 e. The minimum Gasteiger partial charge on any atom is -0.328 e. The molecule has 1 amide bonds. The van der Waals surface area contributed by atoms with Crippen molar-refractivity contribution in [2.45, 2.75) is 18.9 Å². The third-order valence-corrected chi connectivity index (χ3v) is 5.03. The zero-order valence-electron chi connectivity index (χ0n) is 11.8. The first kappa shape index (κ1) is 13.3. The Morgan fingerprint density at radius 1 is 1.27 bits per heavy atom. The number of benzene rings is 1. The van der Waals surface area contributed by atoms with Gasteiger partial charge < -0.3 is 4.90 Å². The van der Waals surface area contributed by atoms with Crippen LogP contribution in [0.4, 0.5) is 0 Å². The first-order valence-corrected chi connectivity index (χ1v) is 8.07. The van der Waals surface area contributed by atoms with E-state index in [9.17, 15) is 4.79 Å². The van der Waals surface area contributed by atoms with Crippen LogP contribution in [0.25, 0.3) is 10.2 Å². The number of fused-ring (bicyclic) bond motifs is 1. The first-order valence-electron chi connectivity index (χ1n) is 7.25. The maximum absolute atomic E-state index is 12.6. The standard InChI is InChI=1S/C16H14N4OS/c21-16(12-10-17-7-8-18-12)20-9-3-5-13(20)15-19-11-4-1-2-6-14(11)22-15/h1-2,4,6-8,10,13H,3,5,9H2. The van der Waals surface area contributed by atoms with E-state index in [0.29, 0.717) is 5.69 Å². The van der Waals surface area contributed by atoms with Gasteiger partial charge in [0.05, 0.1) is 22.5 Å². The second kappa shape index (κ2) is 5.46. The Morgan fingerprint density at radius 2 is 2.18 bits per heavy atom. The second-order valence-corrected chi connectivity index (χ2v) is 6.33. The van der Waals surface area contributed by atoms with Crippen LogP contribution in [0.5, 0.6) is 0 Å². The molecule has 1 fully saturated rings. The van der Waals surface area contributed by atoms with Gasteiger partial charge in [-0.15, -0.1) is 11.3 Å². The number of nitrogens with zero attached hydrogens (tertiary/aromatic N) is 4. The normalized spacial score (nSPS) is 18.0. The number of likely N-dealkylation sites (tertiary alicyclic amines) is 1. The Hall–Kier alpha value is -2.34. The summed E-state index contributed by atoms with van der Waals surface area (Å²) in [5, 5.41) is 1.01. The zero-order valence-corrected chi connectivity index (χ0v) is 12.7. The first-order chi connectivity index (χ1) is 10.8. The quantitative estimate of drug-likeness (QED) is 0.730. The lowest BCUT2D eigenvalue weighted by Gasteiger charge is -2.22. The number of aromatic nitrogens is 3. The number of amides is 1. The summed E-state index contributed by atoms with van der Waals surface area (Å²) in [5.41, 5.74) is 1.40. The molecule has 1 unspecified atom stereocenters. The van der Waals surface area contributed by atoms with Gasteiger partial charge in [-0.05, 0) is 25.0 Å². The summed E-state index contributed by atoms with van der Waals surface area (Å²) in [6.07, 6.45) is 6.59. The molecule has 1 saturated heterocycles. The highest BCUT2D eigenvalue weighted by Crippen LogP contribution is 2.36. The number of thiazole rings is 1. The Kier molecular flexibility index (Phi) is 3.31. The van der Waals surface area contributed by atoms with E-state index in [-0.39, 0.29) is 11.9 Å². The summed E-state index contributed by atoms with van der Waals surface area (Å²) >= 11 is 1.67. The molecule has 3 heterocycles. The van der Waals surface area contributed by atoms with Gasteiger partial charge in [-0.2, -0.15) is 0 Å². The third kappa shape index (κ3) is 2.25. The fourth-order valence-electron chi connectivity index (χ4n) is 2.86. The van der Waals surface area contributed by atoms with Gasteiger partial charge in [-0.1, -0.05) is 12.1 Å². The van der Waals surface area contributed by atoms with Gasteiger partial charge in [-0.25, -0.2) is 9.97 Å². The van der Waals surface area contributed by atoms with Crippen LogP contribution in [0.15, 0.2) is 42.9 Å². The number of hydrogen-bond donors (Lipinski definition) is 0. The summed E-state index contributed by atoms with van der Waals surface area (Å²) in [4.78, 5) is 27.3. The molecule has 0 saturated carbocycles. The predicted molar refractivity (Wildman–Crippen MR) is 84.7 cm³/mol. The minimum absolute atomic E-state index is 0.0481. The van der Waals surface area contributed by atoms with Gasteiger partial charge in [0, 0.05) is 18.9 Å². The van der Waals surface area contributed by atoms with Crippen LogP contribution in [0.1, 0.15) is 34.4 Å². The van der Waals surface area contributed by atoms with E-state index in [1.165, 1.54) is 6.20 Å². The van der Waals surface area contributed by atoms with Gasteiger partial charge in [0.25, 0.3) is 5.91 Å². The molecule has 0 radical (unpaired) electrons. The van der Waals surface area contributed by atoms with Crippen LogP contribution < -0.4 is 0 Å². The highest BCUT2D eigenvalue weighted by Gasteiger charge is 2.33. The highest BCUT2D eigenvalue weighted by atomic mass is 32.1.